The predicted octanol–water partition coefficient (Wildman–Crippen LogP) is 5.24. The molecule has 0 unspecified atom stereocenters. The van der Waals surface area contributed by atoms with E-state index >= 15 is 0 Å². The van der Waals surface area contributed by atoms with E-state index in [0.717, 1.165) is 5.56 Å². The summed E-state index contributed by atoms with van der Waals surface area (Å²) < 4.78 is 24.0. The molecule has 0 fully saturated rings. The maximum absolute atomic E-state index is 13.4. The minimum atomic E-state index is -0.438. The van der Waals surface area contributed by atoms with Gasteiger partial charge in [0.15, 0.2) is 0 Å². The number of hydrogen-bond donors (Lipinski definition) is 1. The van der Waals surface area contributed by atoms with Crippen molar-refractivity contribution in [3.05, 3.63) is 83.8 Å². The topological polar surface area (TPSA) is 94.1 Å². The van der Waals surface area contributed by atoms with Crippen LogP contribution in [0.15, 0.2) is 75.8 Å². The molecule has 31 heavy (non-hydrogen) atoms. The number of carbonyl (C=O) groups is 1. The summed E-state index contributed by atoms with van der Waals surface area (Å²) in [5.74, 6) is -0.597. The molecule has 0 bridgehead atoms. The van der Waals surface area contributed by atoms with Crippen LogP contribution in [0.4, 0.5) is 10.3 Å². The molecule has 0 spiro atoms. The van der Waals surface area contributed by atoms with Crippen LogP contribution >= 0.6 is 0 Å². The van der Waals surface area contributed by atoms with Gasteiger partial charge in [0.05, 0.1) is 22.3 Å². The van der Waals surface area contributed by atoms with Gasteiger partial charge in [-0.2, -0.15) is 0 Å². The molecule has 3 heterocycles. The van der Waals surface area contributed by atoms with Crippen LogP contribution in [0.2, 0.25) is 0 Å². The Morgan fingerprint density at radius 3 is 2.42 bits per heavy atom. The van der Waals surface area contributed by atoms with Crippen LogP contribution in [0.1, 0.15) is 16.1 Å². The molecule has 0 atom stereocenters. The lowest BCUT2D eigenvalue weighted by atomic mass is 10.0. The van der Waals surface area contributed by atoms with Crippen LogP contribution in [0.3, 0.4) is 0 Å². The first-order chi connectivity index (χ1) is 15.1. The van der Waals surface area contributed by atoms with Crippen molar-refractivity contribution in [3.8, 4) is 22.5 Å². The lowest BCUT2D eigenvalue weighted by Gasteiger charge is -2.07. The number of halogens is 1. The van der Waals surface area contributed by atoms with Crippen molar-refractivity contribution in [2.45, 2.75) is 6.92 Å². The van der Waals surface area contributed by atoms with E-state index in [1.54, 1.807) is 31.2 Å². The highest BCUT2D eigenvalue weighted by molar-refractivity contribution is 6.15. The van der Waals surface area contributed by atoms with Crippen LogP contribution in [-0.2, 0) is 0 Å². The molecule has 0 saturated carbocycles. The summed E-state index contributed by atoms with van der Waals surface area (Å²) in [4.78, 5) is 17.7. The summed E-state index contributed by atoms with van der Waals surface area (Å²) >= 11 is 0. The SMILES string of the molecule is Cc1cc(NC(=O)c2cc(-c3ccccc3)nc3onc(-c4ccc(F)cc4)c23)on1. The van der Waals surface area contributed by atoms with Crippen molar-refractivity contribution in [1.29, 1.82) is 0 Å². The Kier molecular flexibility index (Phi) is 4.51. The summed E-state index contributed by atoms with van der Waals surface area (Å²) in [6.07, 6.45) is 0. The van der Waals surface area contributed by atoms with E-state index in [2.05, 4.69) is 20.6 Å². The summed E-state index contributed by atoms with van der Waals surface area (Å²) in [6.45, 7) is 1.75. The standard InChI is InChI=1S/C23H15FN4O3/c1-13-11-19(30-27-13)26-22(29)17-12-18(14-5-3-2-4-6-14)25-23-20(17)21(28-31-23)15-7-9-16(24)10-8-15/h2-12H,1H3,(H,26,29). The number of aromatic nitrogens is 3. The highest BCUT2D eigenvalue weighted by Gasteiger charge is 2.23. The van der Waals surface area contributed by atoms with E-state index in [9.17, 15) is 9.18 Å². The van der Waals surface area contributed by atoms with Gasteiger partial charge in [-0.25, -0.2) is 9.37 Å². The number of aryl methyl sites for hydroxylation is 1. The van der Waals surface area contributed by atoms with Gasteiger partial charge in [-0.15, -0.1) is 0 Å². The average Bonchev–Trinajstić information content (AvgIpc) is 3.40. The van der Waals surface area contributed by atoms with Crippen molar-refractivity contribution >= 4 is 22.9 Å². The molecular formula is C23H15FN4O3. The molecule has 8 heteroatoms. The second-order valence-electron chi connectivity index (χ2n) is 6.93. The third-order valence-electron chi connectivity index (χ3n) is 4.74. The highest BCUT2D eigenvalue weighted by atomic mass is 19.1. The Morgan fingerprint density at radius 2 is 1.71 bits per heavy atom. The van der Waals surface area contributed by atoms with Gasteiger partial charge >= 0.3 is 0 Å². The van der Waals surface area contributed by atoms with Crippen LogP contribution in [0.5, 0.6) is 0 Å². The number of hydrogen-bond acceptors (Lipinski definition) is 6. The summed E-state index contributed by atoms with van der Waals surface area (Å²) in [6, 6.07) is 18.5. The van der Waals surface area contributed by atoms with Crippen LogP contribution in [0, 0.1) is 12.7 Å². The number of amides is 1. The molecule has 152 valence electrons. The summed E-state index contributed by atoms with van der Waals surface area (Å²) in [5, 5.41) is 11.0. The third kappa shape index (κ3) is 3.55. The lowest BCUT2D eigenvalue weighted by Crippen LogP contribution is -2.12. The molecule has 0 saturated heterocycles. The van der Waals surface area contributed by atoms with Crippen molar-refractivity contribution in [3.63, 3.8) is 0 Å². The number of fused-ring (bicyclic) bond motifs is 1. The predicted molar refractivity (Wildman–Crippen MR) is 112 cm³/mol. The Labute approximate surface area is 175 Å². The van der Waals surface area contributed by atoms with Crippen LogP contribution < -0.4 is 5.32 Å². The van der Waals surface area contributed by atoms with Gasteiger partial charge in [-0.1, -0.05) is 40.6 Å². The first-order valence-electron chi connectivity index (χ1n) is 9.45. The van der Waals surface area contributed by atoms with Gasteiger partial charge < -0.3 is 9.05 Å². The van der Waals surface area contributed by atoms with Gasteiger partial charge in [0.25, 0.3) is 11.6 Å². The van der Waals surface area contributed by atoms with E-state index < -0.39 is 5.91 Å². The fraction of sp³-hybridized carbons (Fsp3) is 0.0435. The fourth-order valence-corrected chi connectivity index (χ4v) is 3.29. The van der Waals surface area contributed by atoms with E-state index in [0.29, 0.717) is 33.6 Å². The molecule has 5 aromatic rings. The fourth-order valence-electron chi connectivity index (χ4n) is 3.29. The van der Waals surface area contributed by atoms with E-state index in [1.807, 2.05) is 30.3 Å². The zero-order valence-electron chi connectivity index (χ0n) is 16.3. The number of anilines is 1. The van der Waals surface area contributed by atoms with E-state index in [4.69, 9.17) is 9.05 Å². The van der Waals surface area contributed by atoms with Gasteiger partial charge in [0, 0.05) is 17.2 Å². The number of pyridine rings is 1. The quantitative estimate of drug-likeness (QED) is 0.432. The Morgan fingerprint density at radius 1 is 0.935 bits per heavy atom. The average molecular weight is 414 g/mol. The van der Waals surface area contributed by atoms with E-state index in [-0.39, 0.29) is 17.4 Å². The van der Waals surface area contributed by atoms with Gasteiger partial charge in [-0.3, -0.25) is 10.1 Å². The maximum Gasteiger partial charge on any atom is 0.259 e. The molecular weight excluding hydrogens is 399 g/mol. The Balaban J connectivity index is 1.69. The third-order valence-corrected chi connectivity index (χ3v) is 4.74. The summed E-state index contributed by atoms with van der Waals surface area (Å²) in [5.41, 5.74) is 3.47. The van der Waals surface area contributed by atoms with Crippen LogP contribution in [0.25, 0.3) is 33.6 Å². The van der Waals surface area contributed by atoms with Gasteiger partial charge in [-0.05, 0) is 37.3 Å². The Bertz CT molecular complexity index is 1390. The lowest BCUT2D eigenvalue weighted by molar-refractivity contribution is 0.102. The second kappa shape index (κ2) is 7.49. The normalized spacial score (nSPS) is 11.0. The molecule has 0 radical (unpaired) electrons. The number of carbonyl (C=O) groups excluding carboxylic acids is 1. The molecule has 3 aromatic heterocycles. The van der Waals surface area contributed by atoms with Crippen molar-refractivity contribution in [2.75, 3.05) is 5.32 Å². The van der Waals surface area contributed by atoms with Gasteiger partial charge in [0.2, 0.25) is 5.88 Å². The largest absolute Gasteiger partial charge is 0.338 e. The van der Waals surface area contributed by atoms with Gasteiger partial charge in [0.1, 0.15) is 11.5 Å². The second-order valence-corrected chi connectivity index (χ2v) is 6.93. The molecule has 2 aromatic carbocycles. The van der Waals surface area contributed by atoms with Crippen LogP contribution in [-0.4, -0.2) is 21.2 Å². The molecule has 0 aliphatic carbocycles. The molecule has 0 aliphatic heterocycles. The minimum absolute atomic E-state index is 0.194. The number of nitrogens with one attached hydrogen (secondary N) is 1. The highest BCUT2D eigenvalue weighted by Crippen LogP contribution is 2.33. The molecule has 1 amide bonds. The van der Waals surface area contributed by atoms with Crippen molar-refractivity contribution in [2.24, 2.45) is 0 Å². The molecule has 7 nitrogen and oxygen atoms in total. The zero-order chi connectivity index (χ0) is 21.4. The van der Waals surface area contributed by atoms with E-state index in [1.165, 1.54) is 12.1 Å². The van der Waals surface area contributed by atoms with Crippen molar-refractivity contribution < 1.29 is 18.2 Å². The summed E-state index contributed by atoms with van der Waals surface area (Å²) in [7, 11) is 0. The Hall–Kier alpha value is -4.33. The number of nitrogens with zero attached hydrogens (tertiary/aromatic N) is 3. The maximum atomic E-state index is 13.4. The van der Waals surface area contributed by atoms with Crippen molar-refractivity contribution in [1.82, 2.24) is 15.3 Å². The smallest absolute Gasteiger partial charge is 0.259 e. The number of rotatable bonds is 4. The molecule has 5 rings (SSSR count). The first kappa shape index (κ1) is 18.7. The minimum Gasteiger partial charge on any atom is -0.338 e. The molecule has 0 aliphatic rings. The number of benzene rings is 2. The zero-order valence-corrected chi connectivity index (χ0v) is 16.3. The first-order valence-corrected chi connectivity index (χ1v) is 9.45. The monoisotopic (exact) mass is 414 g/mol. The molecule has 1 N–H and O–H groups in total.